The van der Waals surface area contributed by atoms with Crippen molar-refractivity contribution in [2.75, 3.05) is 13.1 Å². The van der Waals surface area contributed by atoms with Gasteiger partial charge in [0.1, 0.15) is 5.82 Å². The molecule has 0 N–H and O–H groups in total. The molecular weight excluding hydrogens is 197 g/mol. The summed E-state index contributed by atoms with van der Waals surface area (Å²) in [5.74, 6) is -0.504. The van der Waals surface area contributed by atoms with Crippen LogP contribution in [0, 0.1) is 5.82 Å². The molecule has 15 heavy (non-hydrogen) atoms. The fraction of sp³-hybridized carbons (Fsp3) is 0.273. The van der Waals surface area contributed by atoms with Crippen LogP contribution in [0.5, 0.6) is 0 Å². The first kappa shape index (κ1) is 9.83. The SMILES string of the molecule is O=C1CCN(C(=O)c2ccc(F)cc2)C1. The van der Waals surface area contributed by atoms with Crippen LogP contribution in [0.1, 0.15) is 16.8 Å². The predicted molar refractivity (Wildman–Crippen MR) is 51.9 cm³/mol. The molecule has 3 nitrogen and oxygen atoms in total. The van der Waals surface area contributed by atoms with Crippen LogP contribution >= 0.6 is 0 Å². The van der Waals surface area contributed by atoms with Gasteiger partial charge in [-0.05, 0) is 24.3 Å². The molecule has 1 aliphatic rings. The highest BCUT2D eigenvalue weighted by atomic mass is 19.1. The normalized spacial score (nSPS) is 15.8. The second kappa shape index (κ2) is 3.81. The number of halogens is 1. The van der Waals surface area contributed by atoms with E-state index in [4.69, 9.17) is 0 Å². The smallest absolute Gasteiger partial charge is 0.254 e. The van der Waals surface area contributed by atoms with E-state index in [1.165, 1.54) is 29.2 Å². The minimum absolute atomic E-state index is 0.0745. The molecule has 0 radical (unpaired) electrons. The highest BCUT2D eigenvalue weighted by Gasteiger charge is 2.24. The Labute approximate surface area is 86.5 Å². The van der Waals surface area contributed by atoms with Gasteiger partial charge < -0.3 is 4.90 Å². The summed E-state index contributed by atoms with van der Waals surface area (Å²) in [6.45, 7) is 0.644. The number of Topliss-reactive ketones (excluding diaryl/α,β-unsaturated/α-hetero) is 1. The maximum Gasteiger partial charge on any atom is 0.254 e. The monoisotopic (exact) mass is 207 g/mol. The van der Waals surface area contributed by atoms with Gasteiger partial charge in [0.15, 0.2) is 5.78 Å². The molecule has 1 heterocycles. The van der Waals surface area contributed by atoms with E-state index in [1.807, 2.05) is 0 Å². The third kappa shape index (κ3) is 2.03. The molecular formula is C11H10FNO2. The van der Waals surface area contributed by atoms with Crippen LogP contribution in [0.15, 0.2) is 24.3 Å². The average Bonchev–Trinajstić information content (AvgIpc) is 2.65. The lowest BCUT2D eigenvalue weighted by molar-refractivity contribution is -0.116. The van der Waals surface area contributed by atoms with Gasteiger partial charge in [0.2, 0.25) is 0 Å². The molecule has 4 heteroatoms. The third-order valence-electron chi connectivity index (χ3n) is 2.41. The van der Waals surface area contributed by atoms with E-state index in [0.29, 0.717) is 18.5 Å². The molecule has 0 spiro atoms. The Kier molecular flexibility index (Phi) is 2.49. The fourth-order valence-corrected chi connectivity index (χ4v) is 1.58. The van der Waals surface area contributed by atoms with Crippen LogP contribution in [0.4, 0.5) is 4.39 Å². The van der Waals surface area contributed by atoms with Crippen LogP contribution in [0.2, 0.25) is 0 Å². The zero-order chi connectivity index (χ0) is 10.8. The molecule has 1 aromatic carbocycles. The Morgan fingerprint density at radius 1 is 1.27 bits per heavy atom. The van der Waals surface area contributed by atoms with Crippen molar-refractivity contribution in [3.63, 3.8) is 0 Å². The number of likely N-dealkylation sites (tertiary alicyclic amines) is 1. The van der Waals surface area contributed by atoms with E-state index in [1.54, 1.807) is 0 Å². The second-order valence-corrected chi connectivity index (χ2v) is 3.52. The van der Waals surface area contributed by atoms with Gasteiger partial charge in [0, 0.05) is 18.5 Å². The van der Waals surface area contributed by atoms with Gasteiger partial charge in [-0.1, -0.05) is 0 Å². The molecule has 0 unspecified atom stereocenters. The maximum atomic E-state index is 12.6. The number of benzene rings is 1. The van der Waals surface area contributed by atoms with E-state index in [9.17, 15) is 14.0 Å². The number of carbonyl (C=O) groups is 2. The number of carbonyl (C=O) groups excluding carboxylic acids is 2. The van der Waals surface area contributed by atoms with Crippen molar-refractivity contribution in [2.45, 2.75) is 6.42 Å². The molecule has 0 atom stereocenters. The molecule has 1 aromatic rings. The lowest BCUT2D eigenvalue weighted by atomic mass is 10.2. The highest BCUT2D eigenvalue weighted by molar-refractivity contribution is 5.98. The summed E-state index contributed by atoms with van der Waals surface area (Å²) >= 11 is 0. The molecule has 1 aliphatic heterocycles. The highest BCUT2D eigenvalue weighted by Crippen LogP contribution is 2.11. The van der Waals surface area contributed by atoms with Crippen molar-refractivity contribution in [1.29, 1.82) is 0 Å². The van der Waals surface area contributed by atoms with Gasteiger partial charge in [0.05, 0.1) is 6.54 Å². The second-order valence-electron chi connectivity index (χ2n) is 3.52. The van der Waals surface area contributed by atoms with E-state index in [-0.39, 0.29) is 24.1 Å². The first-order chi connectivity index (χ1) is 7.16. The van der Waals surface area contributed by atoms with E-state index >= 15 is 0 Å². The van der Waals surface area contributed by atoms with Crippen LogP contribution in [-0.2, 0) is 4.79 Å². The maximum absolute atomic E-state index is 12.6. The van der Waals surface area contributed by atoms with Crippen molar-refractivity contribution < 1.29 is 14.0 Å². The molecule has 0 saturated carbocycles. The van der Waals surface area contributed by atoms with E-state index in [2.05, 4.69) is 0 Å². The van der Waals surface area contributed by atoms with E-state index in [0.717, 1.165) is 0 Å². The van der Waals surface area contributed by atoms with Gasteiger partial charge in [0.25, 0.3) is 5.91 Å². The molecule has 1 saturated heterocycles. The molecule has 0 bridgehead atoms. The molecule has 0 aliphatic carbocycles. The zero-order valence-electron chi connectivity index (χ0n) is 8.07. The Hall–Kier alpha value is -1.71. The molecule has 1 fully saturated rings. The molecule has 78 valence electrons. The van der Waals surface area contributed by atoms with Crippen molar-refractivity contribution in [3.8, 4) is 0 Å². The Morgan fingerprint density at radius 3 is 2.47 bits per heavy atom. The Morgan fingerprint density at radius 2 is 1.93 bits per heavy atom. The largest absolute Gasteiger partial charge is 0.331 e. The summed E-state index contributed by atoms with van der Waals surface area (Å²) in [4.78, 5) is 24.2. The van der Waals surface area contributed by atoms with Gasteiger partial charge >= 0.3 is 0 Å². The van der Waals surface area contributed by atoms with E-state index < -0.39 is 0 Å². The van der Waals surface area contributed by atoms with Crippen LogP contribution in [0.25, 0.3) is 0 Å². The summed E-state index contributed by atoms with van der Waals surface area (Å²) in [6.07, 6.45) is 0.424. The molecule has 0 aromatic heterocycles. The van der Waals surface area contributed by atoms with Crippen LogP contribution < -0.4 is 0 Å². The van der Waals surface area contributed by atoms with Crippen LogP contribution in [-0.4, -0.2) is 29.7 Å². The lowest BCUT2D eigenvalue weighted by Gasteiger charge is -2.13. The quantitative estimate of drug-likeness (QED) is 0.694. The summed E-state index contributed by atoms with van der Waals surface area (Å²) in [6, 6.07) is 5.34. The van der Waals surface area contributed by atoms with Gasteiger partial charge in [-0.25, -0.2) is 4.39 Å². The zero-order valence-corrected chi connectivity index (χ0v) is 8.07. The van der Waals surface area contributed by atoms with Crippen LogP contribution in [0.3, 0.4) is 0 Å². The van der Waals surface area contributed by atoms with Gasteiger partial charge in [-0.3, -0.25) is 9.59 Å². The first-order valence-corrected chi connectivity index (χ1v) is 4.73. The van der Waals surface area contributed by atoms with Crippen molar-refractivity contribution >= 4 is 11.7 Å². The number of ketones is 1. The predicted octanol–water partition coefficient (Wildman–Crippen LogP) is 1.24. The summed E-state index contributed by atoms with van der Waals surface area (Å²) in [7, 11) is 0. The Bertz CT molecular complexity index is 400. The van der Waals surface area contributed by atoms with Gasteiger partial charge in [-0.15, -0.1) is 0 Å². The topological polar surface area (TPSA) is 37.4 Å². The number of hydrogen-bond acceptors (Lipinski definition) is 2. The standard InChI is InChI=1S/C11H10FNO2/c12-9-3-1-8(2-4-9)11(15)13-6-5-10(14)7-13/h1-4H,5-7H2. The number of nitrogens with zero attached hydrogens (tertiary/aromatic N) is 1. The third-order valence-corrected chi connectivity index (χ3v) is 2.41. The van der Waals surface area contributed by atoms with Crippen molar-refractivity contribution in [1.82, 2.24) is 4.90 Å². The first-order valence-electron chi connectivity index (χ1n) is 4.73. The number of hydrogen-bond donors (Lipinski definition) is 0. The minimum atomic E-state index is -0.371. The summed E-state index contributed by atoms with van der Waals surface area (Å²) in [5.41, 5.74) is 0.422. The lowest BCUT2D eigenvalue weighted by Crippen LogP contribution is -2.28. The number of amides is 1. The van der Waals surface area contributed by atoms with Gasteiger partial charge in [-0.2, -0.15) is 0 Å². The minimum Gasteiger partial charge on any atom is -0.331 e. The summed E-state index contributed by atoms with van der Waals surface area (Å²) in [5, 5.41) is 0. The molecule has 2 rings (SSSR count). The Balaban J connectivity index is 2.14. The van der Waals surface area contributed by atoms with Crippen molar-refractivity contribution in [3.05, 3.63) is 35.6 Å². The molecule has 1 amide bonds. The number of rotatable bonds is 1. The average molecular weight is 207 g/mol. The summed E-state index contributed by atoms with van der Waals surface area (Å²) < 4.78 is 12.6. The fourth-order valence-electron chi connectivity index (χ4n) is 1.58. The van der Waals surface area contributed by atoms with Crippen molar-refractivity contribution in [2.24, 2.45) is 0 Å².